The Kier molecular flexibility index (Phi) is 2.94. The highest BCUT2D eigenvalue weighted by Crippen LogP contribution is 2.04. The molecule has 0 radical (unpaired) electrons. The highest BCUT2D eigenvalue weighted by atomic mass is 14.2. The maximum atomic E-state index is 8.70. The van der Waals surface area contributed by atoms with Crippen LogP contribution in [0.15, 0.2) is 24.3 Å². The summed E-state index contributed by atoms with van der Waals surface area (Å²) in [6.07, 6.45) is 0.819. The third-order valence-corrected chi connectivity index (χ3v) is 1.45. The van der Waals surface area contributed by atoms with Gasteiger partial charge >= 0.3 is 0 Å². The first-order chi connectivity index (χ1) is 5.88. The second kappa shape index (κ2) is 4.21. The SMILES string of the molecule is CCC#Cc1ccccc1C#N. The quantitative estimate of drug-likeness (QED) is 0.527. The predicted molar refractivity (Wildman–Crippen MR) is 48.3 cm³/mol. The third-order valence-electron chi connectivity index (χ3n) is 1.45. The van der Waals surface area contributed by atoms with Crippen LogP contribution in [0.3, 0.4) is 0 Å². The number of nitriles is 1. The number of hydrogen-bond donors (Lipinski definition) is 0. The number of nitrogens with zero attached hydrogens (tertiary/aromatic N) is 1. The van der Waals surface area contributed by atoms with Gasteiger partial charge < -0.3 is 0 Å². The van der Waals surface area contributed by atoms with E-state index in [1.807, 2.05) is 25.1 Å². The first-order valence-electron chi connectivity index (χ1n) is 3.86. The molecule has 0 aliphatic carbocycles. The lowest BCUT2D eigenvalue weighted by Gasteiger charge is -1.91. The van der Waals surface area contributed by atoms with Crippen LogP contribution in [0.5, 0.6) is 0 Å². The summed E-state index contributed by atoms with van der Waals surface area (Å²) < 4.78 is 0. The van der Waals surface area contributed by atoms with E-state index in [-0.39, 0.29) is 0 Å². The monoisotopic (exact) mass is 155 g/mol. The zero-order chi connectivity index (χ0) is 8.81. The molecule has 1 rings (SSSR count). The van der Waals surface area contributed by atoms with E-state index in [0.29, 0.717) is 5.56 Å². The maximum Gasteiger partial charge on any atom is 0.100 e. The van der Waals surface area contributed by atoms with Crippen LogP contribution in [-0.4, -0.2) is 0 Å². The van der Waals surface area contributed by atoms with Gasteiger partial charge in [0.05, 0.1) is 5.56 Å². The number of benzene rings is 1. The summed E-state index contributed by atoms with van der Waals surface area (Å²) in [4.78, 5) is 0. The average molecular weight is 155 g/mol. The van der Waals surface area contributed by atoms with Crippen molar-refractivity contribution in [2.45, 2.75) is 13.3 Å². The second-order valence-electron chi connectivity index (χ2n) is 2.31. The summed E-state index contributed by atoms with van der Waals surface area (Å²) in [6, 6.07) is 9.47. The first kappa shape index (κ1) is 8.37. The average Bonchev–Trinajstić information content (AvgIpc) is 2.15. The highest BCUT2D eigenvalue weighted by Gasteiger charge is 1.94. The zero-order valence-electron chi connectivity index (χ0n) is 6.96. The van der Waals surface area contributed by atoms with Gasteiger partial charge in [-0.3, -0.25) is 0 Å². The minimum Gasteiger partial charge on any atom is -0.192 e. The van der Waals surface area contributed by atoms with E-state index in [1.165, 1.54) is 0 Å². The molecule has 0 heterocycles. The van der Waals surface area contributed by atoms with Crippen molar-refractivity contribution in [2.75, 3.05) is 0 Å². The van der Waals surface area contributed by atoms with Crippen LogP contribution in [-0.2, 0) is 0 Å². The molecule has 0 atom stereocenters. The zero-order valence-corrected chi connectivity index (χ0v) is 6.96. The molecule has 1 aromatic carbocycles. The van der Waals surface area contributed by atoms with Gasteiger partial charge in [-0.15, -0.1) is 0 Å². The summed E-state index contributed by atoms with van der Waals surface area (Å²) in [5, 5.41) is 8.70. The lowest BCUT2D eigenvalue weighted by atomic mass is 10.1. The fourth-order valence-electron chi connectivity index (χ4n) is 0.873. The van der Waals surface area contributed by atoms with Gasteiger partial charge in [0.15, 0.2) is 0 Å². The van der Waals surface area contributed by atoms with Gasteiger partial charge in [-0.25, -0.2) is 0 Å². The van der Waals surface area contributed by atoms with E-state index in [4.69, 9.17) is 5.26 Å². The fraction of sp³-hybridized carbons (Fsp3) is 0.182. The van der Waals surface area contributed by atoms with Crippen molar-refractivity contribution in [3.8, 4) is 17.9 Å². The highest BCUT2D eigenvalue weighted by molar-refractivity contribution is 5.47. The van der Waals surface area contributed by atoms with E-state index in [0.717, 1.165) is 12.0 Å². The molecule has 0 aliphatic rings. The molecule has 0 fully saturated rings. The van der Waals surface area contributed by atoms with Crippen molar-refractivity contribution in [2.24, 2.45) is 0 Å². The Labute approximate surface area is 72.6 Å². The minimum absolute atomic E-state index is 0.651. The Morgan fingerprint density at radius 1 is 1.25 bits per heavy atom. The summed E-state index contributed by atoms with van der Waals surface area (Å²) in [7, 11) is 0. The Balaban J connectivity index is 3.07. The molecule has 0 aliphatic heterocycles. The first-order valence-corrected chi connectivity index (χ1v) is 3.86. The third kappa shape index (κ3) is 1.87. The maximum absolute atomic E-state index is 8.70. The Morgan fingerprint density at radius 2 is 1.92 bits per heavy atom. The molecule has 0 unspecified atom stereocenters. The molecular weight excluding hydrogens is 146 g/mol. The number of rotatable bonds is 0. The van der Waals surface area contributed by atoms with Crippen LogP contribution in [0.1, 0.15) is 24.5 Å². The normalized spacial score (nSPS) is 8.00. The minimum atomic E-state index is 0.651. The smallest absolute Gasteiger partial charge is 0.100 e. The van der Waals surface area contributed by atoms with Crippen LogP contribution in [0.4, 0.5) is 0 Å². The molecule has 0 saturated carbocycles. The molecule has 1 nitrogen and oxygen atoms in total. The van der Waals surface area contributed by atoms with Crippen molar-refractivity contribution in [1.29, 1.82) is 5.26 Å². The van der Waals surface area contributed by atoms with Crippen LogP contribution in [0, 0.1) is 23.2 Å². The van der Waals surface area contributed by atoms with Crippen molar-refractivity contribution >= 4 is 0 Å². The topological polar surface area (TPSA) is 23.8 Å². The summed E-state index contributed by atoms with van der Waals surface area (Å²) in [5.74, 6) is 5.88. The van der Waals surface area contributed by atoms with Gasteiger partial charge in [-0.2, -0.15) is 5.26 Å². The Bertz CT molecular complexity index is 361. The van der Waals surface area contributed by atoms with Crippen molar-refractivity contribution in [3.63, 3.8) is 0 Å². The molecule has 0 N–H and O–H groups in total. The van der Waals surface area contributed by atoms with Crippen molar-refractivity contribution < 1.29 is 0 Å². The van der Waals surface area contributed by atoms with E-state index in [2.05, 4.69) is 17.9 Å². The Hall–Kier alpha value is -1.73. The molecular formula is C11H9N. The van der Waals surface area contributed by atoms with Crippen LogP contribution in [0.25, 0.3) is 0 Å². The predicted octanol–water partition coefficient (Wildman–Crippen LogP) is 2.32. The summed E-state index contributed by atoms with van der Waals surface area (Å²) in [6.45, 7) is 1.99. The molecule has 0 saturated heterocycles. The van der Waals surface area contributed by atoms with Crippen molar-refractivity contribution in [3.05, 3.63) is 35.4 Å². The molecule has 1 aromatic rings. The van der Waals surface area contributed by atoms with Crippen LogP contribution in [0.2, 0.25) is 0 Å². The fourth-order valence-corrected chi connectivity index (χ4v) is 0.873. The van der Waals surface area contributed by atoms with Crippen LogP contribution >= 0.6 is 0 Å². The summed E-state index contributed by atoms with van der Waals surface area (Å²) >= 11 is 0. The van der Waals surface area contributed by atoms with Gasteiger partial charge in [0.2, 0.25) is 0 Å². The summed E-state index contributed by atoms with van der Waals surface area (Å²) in [5.41, 5.74) is 1.47. The van der Waals surface area contributed by atoms with Gasteiger partial charge in [0.25, 0.3) is 0 Å². The largest absolute Gasteiger partial charge is 0.192 e. The van der Waals surface area contributed by atoms with Gasteiger partial charge in [0.1, 0.15) is 6.07 Å². The molecule has 0 aromatic heterocycles. The Morgan fingerprint density at radius 3 is 2.50 bits per heavy atom. The molecule has 0 bridgehead atoms. The second-order valence-corrected chi connectivity index (χ2v) is 2.31. The van der Waals surface area contributed by atoms with Gasteiger partial charge in [-0.1, -0.05) is 30.9 Å². The molecule has 12 heavy (non-hydrogen) atoms. The van der Waals surface area contributed by atoms with Crippen LogP contribution < -0.4 is 0 Å². The van der Waals surface area contributed by atoms with Crippen molar-refractivity contribution in [1.82, 2.24) is 0 Å². The number of hydrogen-bond acceptors (Lipinski definition) is 1. The van der Waals surface area contributed by atoms with E-state index in [1.54, 1.807) is 6.07 Å². The van der Waals surface area contributed by atoms with E-state index >= 15 is 0 Å². The van der Waals surface area contributed by atoms with E-state index < -0.39 is 0 Å². The van der Waals surface area contributed by atoms with E-state index in [9.17, 15) is 0 Å². The lowest BCUT2D eigenvalue weighted by molar-refractivity contribution is 1.28. The molecule has 58 valence electrons. The molecule has 0 amide bonds. The lowest BCUT2D eigenvalue weighted by Crippen LogP contribution is -1.80. The van der Waals surface area contributed by atoms with Gasteiger partial charge in [-0.05, 0) is 12.1 Å². The van der Waals surface area contributed by atoms with Gasteiger partial charge in [0, 0.05) is 12.0 Å². The molecule has 1 heteroatoms. The standard InChI is InChI=1S/C11H9N/c1-2-3-6-10-7-4-5-8-11(10)9-12/h4-5,7-8H,2H2,1H3. The molecule has 0 spiro atoms.